The van der Waals surface area contributed by atoms with Crippen LogP contribution in [-0.2, 0) is 28.4 Å². The van der Waals surface area contributed by atoms with Gasteiger partial charge in [-0.05, 0) is 0 Å². The van der Waals surface area contributed by atoms with Gasteiger partial charge in [-0.3, -0.25) is 0 Å². The Morgan fingerprint density at radius 1 is 0.447 bits per heavy atom. The first-order valence-corrected chi connectivity index (χ1v) is 15.2. The molecule has 0 N–H and O–H groups in total. The van der Waals surface area contributed by atoms with E-state index in [0.717, 1.165) is 0 Å². The average molecular weight is 597 g/mol. The molecule has 10 nitrogen and oxygen atoms in total. The SMILES string of the molecule is C1COCCOCCOCCOCCOCCO1.ClC[Si-]12(Oc3ccccc3O1)Oc1ccccc1O2.[K+]. The van der Waals surface area contributed by atoms with E-state index in [4.69, 9.17) is 57.7 Å². The Hall–Kier alpha value is -0.457. The number of rotatable bonds is 1. The van der Waals surface area contributed by atoms with Crippen molar-refractivity contribution in [1.82, 2.24) is 0 Å². The molecule has 0 aliphatic carbocycles. The maximum absolute atomic E-state index is 6.11. The van der Waals surface area contributed by atoms with Crippen molar-refractivity contribution in [2.24, 2.45) is 0 Å². The molecule has 1 saturated heterocycles. The van der Waals surface area contributed by atoms with Crippen molar-refractivity contribution in [1.29, 1.82) is 0 Å². The summed E-state index contributed by atoms with van der Waals surface area (Å²) in [4.78, 5) is 0. The van der Waals surface area contributed by atoms with E-state index < -0.39 is 8.33 Å². The number of benzene rings is 2. The van der Waals surface area contributed by atoms with Crippen molar-refractivity contribution < 1.29 is 97.5 Å². The van der Waals surface area contributed by atoms with Crippen LogP contribution < -0.4 is 69.1 Å². The molecule has 2 aromatic carbocycles. The van der Waals surface area contributed by atoms with E-state index in [9.17, 15) is 0 Å². The summed E-state index contributed by atoms with van der Waals surface area (Å²) in [6, 6.07) is 14.7. The second kappa shape index (κ2) is 16.7. The summed E-state index contributed by atoms with van der Waals surface area (Å²) in [5, 5.41) is 0. The molecule has 0 radical (unpaired) electrons. The smallest absolute Gasteiger partial charge is 1.00 e. The second-order valence-corrected chi connectivity index (χ2v) is 12.2. The molecule has 206 valence electrons. The zero-order valence-electron chi connectivity index (χ0n) is 21.8. The maximum Gasteiger partial charge on any atom is 1.00 e. The average Bonchev–Trinajstić information content (AvgIpc) is 3.43. The molecule has 0 aromatic heterocycles. The molecule has 3 aliphatic heterocycles. The van der Waals surface area contributed by atoms with Crippen LogP contribution in [0.25, 0.3) is 0 Å². The van der Waals surface area contributed by atoms with Gasteiger partial charge in [-0.1, -0.05) is 0 Å². The molecule has 1 spiro atoms. The fourth-order valence-corrected chi connectivity index (χ4v) is 7.14. The van der Waals surface area contributed by atoms with Crippen LogP contribution in [0.2, 0.25) is 0 Å². The van der Waals surface area contributed by atoms with Crippen LogP contribution >= 0.6 is 11.6 Å². The predicted molar refractivity (Wildman–Crippen MR) is 137 cm³/mol. The first-order chi connectivity index (χ1) is 18.2. The minimum absolute atomic E-state index is 0. The van der Waals surface area contributed by atoms with Gasteiger partial charge in [0, 0.05) is 0 Å². The van der Waals surface area contributed by atoms with E-state index in [1.165, 1.54) is 0 Å². The first-order valence-electron chi connectivity index (χ1n) is 12.4. The Kier molecular flexibility index (Phi) is 14.1. The van der Waals surface area contributed by atoms with Crippen molar-refractivity contribution in [3.63, 3.8) is 0 Å². The van der Waals surface area contributed by atoms with Gasteiger partial charge in [0.1, 0.15) is 0 Å². The Morgan fingerprint density at radius 3 is 0.842 bits per heavy atom. The summed E-state index contributed by atoms with van der Waals surface area (Å²) in [6.07, 6.45) is 0. The van der Waals surface area contributed by atoms with Gasteiger partial charge in [-0.2, -0.15) is 0 Å². The Labute approximate surface area is 271 Å². The van der Waals surface area contributed by atoms with Gasteiger partial charge in [-0.25, -0.2) is 0 Å². The minimum Gasteiger partial charge on any atom is 1.00 e. The van der Waals surface area contributed by atoms with Gasteiger partial charge < -0.3 is 28.4 Å². The van der Waals surface area contributed by atoms with E-state index in [0.29, 0.717) is 102 Å². The number of halogens is 1. The van der Waals surface area contributed by atoms with E-state index in [1.807, 2.05) is 48.5 Å². The molecular weight excluding hydrogens is 563 g/mol. The molecule has 3 aliphatic rings. The second-order valence-electron chi connectivity index (χ2n) is 8.19. The van der Waals surface area contributed by atoms with Crippen molar-refractivity contribution >= 4 is 19.9 Å². The van der Waals surface area contributed by atoms with E-state index in [1.54, 1.807) is 0 Å². The van der Waals surface area contributed by atoms with Crippen LogP contribution in [0, 0.1) is 0 Å². The summed E-state index contributed by atoms with van der Waals surface area (Å²) < 4.78 is 55.7. The van der Waals surface area contributed by atoms with Crippen LogP contribution in [0.5, 0.6) is 23.0 Å². The molecule has 3 heterocycles. The molecule has 0 bridgehead atoms. The van der Waals surface area contributed by atoms with Crippen molar-refractivity contribution in [2.45, 2.75) is 0 Å². The van der Waals surface area contributed by atoms with Gasteiger partial charge in [0.2, 0.25) is 0 Å². The first kappa shape index (κ1) is 32.1. The molecule has 38 heavy (non-hydrogen) atoms. The topological polar surface area (TPSA) is 92.3 Å². The fourth-order valence-electron chi connectivity index (χ4n) is 3.64. The Morgan fingerprint density at radius 2 is 0.658 bits per heavy atom. The largest absolute Gasteiger partial charge is 1.00 e. The summed E-state index contributed by atoms with van der Waals surface area (Å²) in [6.45, 7) is 7.04. The minimum atomic E-state index is -4.11. The Bertz CT molecular complexity index is 783. The van der Waals surface area contributed by atoms with Gasteiger partial charge in [0.15, 0.2) is 0 Å². The molecule has 0 saturated carbocycles. The normalized spacial score (nSPS) is 22.3. The fraction of sp³-hybridized carbons (Fsp3) is 0.520. The molecule has 0 amide bonds. The third-order valence-corrected chi connectivity index (χ3v) is 9.58. The van der Waals surface area contributed by atoms with Crippen LogP contribution in [0.15, 0.2) is 48.5 Å². The molecular formula is C25H34ClKO10Si. The summed E-state index contributed by atoms with van der Waals surface area (Å²) in [7, 11) is -4.11. The van der Waals surface area contributed by atoms with Gasteiger partial charge in [-0.15, -0.1) is 0 Å². The summed E-state index contributed by atoms with van der Waals surface area (Å²) >= 11 is 6.11. The number of para-hydroxylation sites is 4. The number of hydrogen-bond acceptors (Lipinski definition) is 10. The molecule has 1 fully saturated rings. The van der Waals surface area contributed by atoms with Gasteiger partial charge in [0.25, 0.3) is 0 Å². The summed E-state index contributed by atoms with van der Waals surface area (Å²) in [5.41, 5.74) is 0.0172. The molecule has 13 heteroatoms. The third-order valence-electron chi connectivity index (χ3n) is 5.38. The van der Waals surface area contributed by atoms with E-state index in [2.05, 4.69) is 0 Å². The van der Waals surface area contributed by atoms with E-state index >= 15 is 0 Å². The number of fused-ring (bicyclic) bond motifs is 2. The standard InChI is InChI=1S/C13H10ClO4Si.C12H24O6.K/c14-9-19(15-10-5-1-2-6-11(10)16-19)17-12-7-3-4-8-13(12)18-19;1-2-14-5-6-16-9-10-18-12-11-17-8-7-15-4-3-13-1;/h1-8H,9H2;1-12H2;/q-1;;+1. The third kappa shape index (κ3) is 9.30. The monoisotopic (exact) mass is 596 g/mol. The zero-order valence-corrected chi connectivity index (χ0v) is 26.7. The predicted octanol–water partition coefficient (Wildman–Crippen LogP) is 0.200. The number of alkyl halides is 1. The molecule has 2 aromatic rings. The summed E-state index contributed by atoms with van der Waals surface area (Å²) in [5.74, 6) is 2.40. The van der Waals surface area contributed by atoms with Crippen molar-refractivity contribution in [2.75, 3.05) is 84.8 Å². The van der Waals surface area contributed by atoms with Crippen molar-refractivity contribution in [3.05, 3.63) is 48.5 Å². The number of ether oxygens (including phenoxy) is 6. The quantitative estimate of drug-likeness (QED) is 0.336. The van der Waals surface area contributed by atoms with Gasteiger partial charge in [0.05, 0.1) is 79.3 Å². The van der Waals surface area contributed by atoms with Crippen LogP contribution in [0.1, 0.15) is 0 Å². The maximum atomic E-state index is 6.11. The van der Waals surface area contributed by atoms with Crippen molar-refractivity contribution in [3.8, 4) is 23.0 Å². The van der Waals surface area contributed by atoms with Gasteiger partial charge >= 0.3 is 166 Å². The zero-order chi connectivity index (χ0) is 25.7. The van der Waals surface area contributed by atoms with Crippen LogP contribution in [-0.4, -0.2) is 93.1 Å². The molecule has 0 atom stereocenters. The Balaban J connectivity index is 0.000000206. The number of hydrogen-bond donors (Lipinski definition) is 0. The van der Waals surface area contributed by atoms with E-state index in [-0.39, 0.29) is 56.9 Å². The van der Waals surface area contributed by atoms with Crippen LogP contribution in [0.4, 0.5) is 0 Å². The molecule has 0 unspecified atom stereocenters. The van der Waals surface area contributed by atoms with Crippen LogP contribution in [0.3, 0.4) is 0 Å². The molecule has 5 rings (SSSR count).